The van der Waals surface area contributed by atoms with Gasteiger partial charge in [0.05, 0.1) is 0 Å². The van der Waals surface area contributed by atoms with Gasteiger partial charge >= 0.3 is 0 Å². The monoisotopic (exact) mass is 159 g/mol. The van der Waals surface area contributed by atoms with Crippen molar-refractivity contribution in [2.75, 3.05) is 5.73 Å². The summed E-state index contributed by atoms with van der Waals surface area (Å²) in [5.41, 5.74) is 7.26. The maximum atomic E-state index is 5.60. The van der Waals surface area contributed by atoms with Crippen molar-refractivity contribution in [3.8, 4) is 11.8 Å². The molecular formula is C11H13N. The zero-order chi connectivity index (χ0) is 9.40. The Balaban J connectivity index is 0.000000561. The van der Waals surface area contributed by atoms with Crippen LogP contribution in [0.25, 0.3) is 0 Å². The van der Waals surface area contributed by atoms with Crippen molar-refractivity contribution >= 4 is 5.69 Å². The van der Waals surface area contributed by atoms with Crippen molar-refractivity contribution in [3.63, 3.8) is 0 Å². The fraction of sp³-hybridized carbons (Fsp3) is 0.0909. The summed E-state index contributed by atoms with van der Waals surface area (Å²) < 4.78 is 0. The highest BCUT2D eigenvalue weighted by atomic mass is 14.5. The lowest BCUT2D eigenvalue weighted by atomic mass is 10.2. The molecule has 0 spiro atoms. The van der Waals surface area contributed by atoms with Gasteiger partial charge < -0.3 is 5.73 Å². The Bertz CT molecular complexity index is 291. The summed E-state index contributed by atoms with van der Waals surface area (Å²) in [6.07, 6.45) is 0. The van der Waals surface area contributed by atoms with E-state index in [9.17, 15) is 0 Å². The molecule has 0 saturated heterocycles. The van der Waals surface area contributed by atoms with Gasteiger partial charge in [-0.05, 0) is 19.1 Å². The molecule has 2 N–H and O–H groups in total. The fourth-order valence-corrected chi connectivity index (χ4v) is 0.746. The van der Waals surface area contributed by atoms with Gasteiger partial charge in [0.1, 0.15) is 0 Å². The normalized spacial score (nSPS) is 7.08. The van der Waals surface area contributed by atoms with Gasteiger partial charge in [0, 0.05) is 11.3 Å². The molecule has 0 fully saturated rings. The van der Waals surface area contributed by atoms with Crippen LogP contribution in [0.1, 0.15) is 12.5 Å². The molecule has 1 aromatic carbocycles. The van der Waals surface area contributed by atoms with Crippen LogP contribution in [0.15, 0.2) is 37.4 Å². The van der Waals surface area contributed by atoms with E-state index < -0.39 is 0 Å². The van der Waals surface area contributed by atoms with Crippen LogP contribution in [-0.2, 0) is 0 Å². The molecule has 0 saturated carbocycles. The quantitative estimate of drug-likeness (QED) is 0.351. The summed E-state index contributed by atoms with van der Waals surface area (Å²) in [5, 5.41) is 0. The SMILES string of the molecule is C=C.CC#Cc1ccccc1N. The molecule has 0 aliphatic rings. The highest BCUT2D eigenvalue weighted by molar-refractivity contribution is 5.55. The number of hydrogen-bond acceptors (Lipinski definition) is 1. The largest absolute Gasteiger partial charge is 0.398 e. The molecular weight excluding hydrogens is 146 g/mol. The van der Waals surface area contributed by atoms with Crippen LogP contribution in [0.3, 0.4) is 0 Å². The van der Waals surface area contributed by atoms with Gasteiger partial charge in [-0.1, -0.05) is 18.1 Å². The van der Waals surface area contributed by atoms with Gasteiger partial charge in [-0.3, -0.25) is 0 Å². The second kappa shape index (κ2) is 6.06. The summed E-state index contributed by atoms with van der Waals surface area (Å²) in [6, 6.07) is 7.58. The minimum absolute atomic E-state index is 0.747. The number of anilines is 1. The molecule has 1 heteroatoms. The van der Waals surface area contributed by atoms with E-state index in [0.29, 0.717) is 0 Å². The Morgan fingerprint density at radius 1 is 1.25 bits per heavy atom. The van der Waals surface area contributed by atoms with Crippen LogP contribution >= 0.6 is 0 Å². The lowest BCUT2D eigenvalue weighted by Gasteiger charge is -1.93. The average Bonchev–Trinajstić information content (AvgIpc) is 2.13. The third-order valence-electron chi connectivity index (χ3n) is 1.22. The minimum Gasteiger partial charge on any atom is -0.398 e. The van der Waals surface area contributed by atoms with Gasteiger partial charge in [0.15, 0.2) is 0 Å². The first-order valence-electron chi connectivity index (χ1n) is 3.62. The number of nitrogens with two attached hydrogens (primary N) is 1. The molecule has 0 aromatic heterocycles. The van der Waals surface area contributed by atoms with E-state index in [0.717, 1.165) is 11.3 Å². The van der Waals surface area contributed by atoms with Crippen LogP contribution in [0.2, 0.25) is 0 Å². The van der Waals surface area contributed by atoms with Gasteiger partial charge in [0.25, 0.3) is 0 Å². The molecule has 1 aromatic rings. The van der Waals surface area contributed by atoms with E-state index in [1.807, 2.05) is 24.3 Å². The summed E-state index contributed by atoms with van der Waals surface area (Å²) >= 11 is 0. The Kier molecular flexibility index (Phi) is 5.21. The molecule has 0 amide bonds. The van der Waals surface area contributed by atoms with Crippen molar-refractivity contribution in [2.24, 2.45) is 0 Å². The molecule has 0 unspecified atom stereocenters. The van der Waals surface area contributed by atoms with E-state index >= 15 is 0 Å². The van der Waals surface area contributed by atoms with Crippen LogP contribution in [-0.4, -0.2) is 0 Å². The summed E-state index contributed by atoms with van der Waals surface area (Å²) in [7, 11) is 0. The van der Waals surface area contributed by atoms with Crippen LogP contribution in [0, 0.1) is 11.8 Å². The number of rotatable bonds is 0. The first-order chi connectivity index (χ1) is 5.84. The molecule has 0 bridgehead atoms. The summed E-state index contributed by atoms with van der Waals surface area (Å²) in [4.78, 5) is 0. The zero-order valence-corrected chi connectivity index (χ0v) is 7.30. The van der Waals surface area contributed by atoms with E-state index in [1.54, 1.807) is 6.92 Å². The first-order valence-corrected chi connectivity index (χ1v) is 3.62. The molecule has 62 valence electrons. The fourth-order valence-electron chi connectivity index (χ4n) is 0.746. The average molecular weight is 159 g/mol. The van der Waals surface area contributed by atoms with E-state index in [2.05, 4.69) is 25.0 Å². The van der Waals surface area contributed by atoms with E-state index in [1.165, 1.54) is 0 Å². The highest BCUT2D eigenvalue weighted by Crippen LogP contribution is 2.07. The second-order valence-corrected chi connectivity index (χ2v) is 1.96. The molecule has 12 heavy (non-hydrogen) atoms. The molecule has 0 atom stereocenters. The van der Waals surface area contributed by atoms with Gasteiger partial charge in [-0.2, -0.15) is 0 Å². The number of benzene rings is 1. The summed E-state index contributed by atoms with van der Waals surface area (Å²) in [5.74, 6) is 5.70. The van der Waals surface area contributed by atoms with Crippen molar-refractivity contribution < 1.29 is 0 Å². The lowest BCUT2D eigenvalue weighted by molar-refractivity contribution is 1.62. The Labute approximate surface area is 73.9 Å². The smallest absolute Gasteiger partial charge is 0.0474 e. The van der Waals surface area contributed by atoms with Crippen molar-refractivity contribution in [1.29, 1.82) is 0 Å². The molecule has 0 aliphatic carbocycles. The third kappa shape index (κ3) is 2.94. The second-order valence-electron chi connectivity index (χ2n) is 1.96. The Morgan fingerprint density at radius 3 is 2.33 bits per heavy atom. The number of hydrogen-bond donors (Lipinski definition) is 1. The Morgan fingerprint density at radius 2 is 1.83 bits per heavy atom. The van der Waals surface area contributed by atoms with Crippen molar-refractivity contribution in [2.45, 2.75) is 6.92 Å². The standard InChI is InChI=1S/C9H9N.C2H4/c1-2-5-8-6-3-4-7-9(8)10;1-2/h3-4,6-7H,10H2,1H3;1-2H2. The molecule has 0 heterocycles. The lowest BCUT2D eigenvalue weighted by Crippen LogP contribution is -1.87. The van der Waals surface area contributed by atoms with Crippen molar-refractivity contribution in [1.82, 2.24) is 0 Å². The number of para-hydroxylation sites is 1. The van der Waals surface area contributed by atoms with E-state index in [-0.39, 0.29) is 0 Å². The van der Waals surface area contributed by atoms with Gasteiger partial charge in [0.2, 0.25) is 0 Å². The number of nitrogen functional groups attached to an aromatic ring is 1. The zero-order valence-electron chi connectivity index (χ0n) is 7.30. The predicted octanol–water partition coefficient (Wildman–Crippen LogP) is 2.44. The topological polar surface area (TPSA) is 26.0 Å². The summed E-state index contributed by atoms with van der Waals surface area (Å²) in [6.45, 7) is 7.80. The molecule has 0 radical (unpaired) electrons. The maximum absolute atomic E-state index is 5.60. The minimum atomic E-state index is 0.747. The third-order valence-corrected chi connectivity index (χ3v) is 1.22. The maximum Gasteiger partial charge on any atom is 0.0474 e. The van der Waals surface area contributed by atoms with Gasteiger partial charge in [-0.25, -0.2) is 0 Å². The van der Waals surface area contributed by atoms with E-state index in [4.69, 9.17) is 5.73 Å². The van der Waals surface area contributed by atoms with Crippen LogP contribution in [0.4, 0.5) is 5.69 Å². The van der Waals surface area contributed by atoms with Gasteiger partial charge in [-0.15, -0.1) is 19.1 Å². The van der Waals surface area contributed by atoms with Crippen molar-refractivity contribution in [3.05, 3.63) is 43.0 Å². The Hall–Kier alpha value is -1.68. The first kappa shape index (κ1) is 10.3. The molecule has 0 aliphatic heterocycles. The molecule has 1 rings (SSSR count). The van der Waals surface area contributed by atoms with Crippen LogP contribution in [0.5, 0.6) is 0 Å². The van der Waals surface area contributed by atoms with Crippen LogP contribution < -0.4 is 5.73 Å². The predicted molar refractivity (Wildman–Crippen MR) is 54.7 cm³/mol. The molecule has 1 nitrogen and oxygen atoms in total. The highest BCUT2D eigenvalue weighted by Gasteiger charge is 1.88.